The third-order valence-electron chi connectivity index (χ3n) is 3.81. The van der Waals surface area contributed by atoms with Crippen molar-refractivity contribution in [3.63, 3.8) is 0 Å². The van der Waals surface area contributed by atoms with Gasteiger partial charge in [0, 0.05) is 25.0 Å². The summed E-state index contributed by atoms with van der Waals surface area (Å²) in [6.07, 6.45) is 6.30. The van der Waals surface area contributed by atoms with E-state index in [-0.39, 0.29) is 28.3 Å². The third-order valence-corrected chi connectivity index (χ3v) is 4.71. The number of rotatable bonds is 6. The predicted octanol–water partition coefficient (Wildman–Crippen LogP) is 1.02. The van der Waals surface area contributed by atoms with E-state index in [1.165, 1.54) is 11.3 Å². The molecule has 0 radical (unpaired) electrons. The number of hydrogen-bond acceptors (Lipinski definition) is 3. The van der Waals surface area contributed by atoms with Crippen molar-refractivity contribution in [1.29, 1.82) is 5.26 Å². The maximum atomic E-state index is 12.1. The molecule has 0 aromatic carbocycles. The molecule has 1 N–H and O–H groups in total. The Labute approximate surface area is 164 Å². The molecule has 2 rings (SSSR count). The van der Waals surface area contributed by atoms with Crippen LogP contribution in [0, 0.1) is 11.3 Å². The van der Waals surface area contributed by atoms with Gasteiger partial charge in [0.1, 0.15) is 17.6 Å². The number of nitriles is 1. The number of hydrogen-bond donors (Lipinski definition) is 1. The number of pyridine rings is 1. The first-order valence-corrected chi connectivity index (χ1v) is 9.06. The molecule has 0 saturated heterocycles. The molecule has 0 aliphatic rings. The van der Waals surface area contributed by atoms with Crippen molar-refractivity contribution >= 4 is 22.2 Å². The fourth-order valence-corrected chi connectivity index (χ4v) is 3.62. The first kappa shape index (κ1) is 21.3. The van der Waals surface area contributed by atoms with Gasteiger partial charge < -0.3 is 22.3 Å². The summed E-state index contributed by atoms with van der Waals surface area (Å²) in [6, 6.07) is 8.23. The normalized spacial score (nSPS) is 10.6. The number of unbranched alkanes of at least 4 members (excludes halogenated alkanes) is 1. The minimum Gasteiger partial charge on any atom is -1.00 e. The Morgan fingerprint density at radius 1 is 1.24 bits per heavy atom. The standard InChI is InChI=1S/C19H23N3OS.BrH/c1-19(2,3)16-14-24-18(15(16)13-20)21-17(23)9-5-8-12-22-10-6-4-7-11-22;/h4,6-7,10-11,14H,5,8-9,12H2,1-3H3;1H. The highest BCUT2D eigenvalue weighted by Crippen LogP contribution is 2.35. The van der Waals surface area contributed by atoms with Gasteiger partial charge in [0.2, 0.25) is 5.91 Å². The van der Waals surface area contributed by atoms with Crippen molar-refractivity contribution in [2.45, 2.75) is 52.0 Å². The molecule has 1 amide bonds. The Balaban J connectivity index is 0.00000312. The van der Waals surface area contributed by atoms with E-state index in [9.17, 15) is 10.1 Å². The molecule has 0 atom stereocenters. The summed E-state index contributed by atoms with van der Waals surface area (Å²) < 4.78 is 2.11. The molecule has 0 spiro atoms. The minimum atomic E-state index is -0.0998. The number of thiophene rings is 1. The van der Waals surface area contributed by atoms with E-state index in [1.807, 2.05) is 36.0 Å². The summed E-state index contributed by atoms with van der Waals surface area (Å²) in [5.41, 5.74) is 1.49. The molecule has 0 aliphatic carbocycles. The molecule has 2 aromatic heterocycles. The maximum Gasteiger partial charge on any atom is 0.225 e. The van der Waals surface area contributed by atoms with Crippen molar-refractivity contribution in [1.82, 2.24) is 0 Å². The minimum absolute atomic E-state index is 0. The van der Waals surface area contributed by atoms with E-state index in [2.05, 4.69) is 36.7 Å². The van der Waals surface area contributed by atoms with Crippen LogP contribution in [-0.2, 0) is 16.8 Å². The number of halogens is 1. The van der Waals surface area contributed by atoms with E-state index in [1.54, 1.807) is 0 Å². The van der Waals surface area contributed by atoms with Crippen LogP contribution in [0.1, 0.15) is 51.2 Å². The van der Waals surface area contributed by atoms with Crippen LogP contribution >= 0.6 is 11.3 Å². The SMILES string of the molecule is CC(C)(C)c1csc(NC(=O)CCCC[n+]2ccccc2)c1C#N.[Br-]. The van der Waals surface area contributed by atoms with E-state index < -0.39 is 0 Å². The second-order valence-corrected chi connectivity index (χ2v) is 7.71. The van der Waals surface area contributed by atoms with Crippen LogP contribution in [0.3, 0.4) is 0 Å². The quantitative estimate of drug-likeness (QED) is 0.558. The third kappa shape index (κ3) is 6.26. The van der Waals surface area contributed by atoms with Crippen molar-refractivity contribution in [2.24, 2.45) is 0 Å². The number of amides is 1. The predicted molar refractivity (Wildman–Crippen MR) is 96.9 cm³/mol. The first-order chi connectivity index (χ1) is 11.4. The number of nitrogens with zero attached hydrogens (tertiary/aromatic N) is 2. The van der Waals surface area contributed by atoms with E-state index >= 15 is 0 Å². The fourth-order valence-electron chi connectivity index (χ4n) is 2.47. The first-order valence-electron chi connectivity index (χ1n) is 8.18. The molecular formula is C19H24BrN3OS. The van der Waals surface area contributed by atoms with Gasteiger partial charge in [0.15, 0.2) is 12.4 Å². The summed E-state index contributed by atoms with van der Waals surface area (Å²) in [7, 11) is 0. The number of nitrogens with one attached hydrogen (secondary N) is 1. The molecule has 0 aliphatic heterocycles. The van der Waals surface area contributed by atoms with E-state index in [0.717, 1.165) is 24.9 Å². The number of carbonyl (C=O) groups is 1. The van der Waals surface area contributed by atoms with Gasteiger partial charge in [0.25, 0.3) is 0 Å². The van der Waals surface area contributed by atoms with Gasteiger partial charge in [0.05, 0.1) is 5.56 Å². The average Bonchev–Trinajstić information content (AvgIpc) is 2.95. The highest BCUT2D eigenvalue weighted by Gasteiger charge is 2.23. The van der Waals surface area contributed by atoms with Crippen molar-refractivity contribution in [3.05, 3.63) is 47.1 Å². The topological polar surface area (TPSA) is 56.8 Å². The zero-order valence-corrected chi connectivity index (χ0v) is 17.3. The van der Waals surface area contributed by atoms with Crippen molar-refractivity contribution in [3.8, 4) is 6.07 Å². The summed E-state index contributed by atoms with van der Waals surface area (Å²) in [4.78, 5) is 12.1. The summed E-state index contributed by atoms with van der Waals surface area (Å²) >= 11 is 1.43. The molecule has 0 saturated carbocycles. The zero-order chi connectivity index (χ0) is 17.6. The van der Waals surface area contributed by atoms with Crippen LogP contribution in [0.4, 0.5) is 5.00 Å². The molecule has 0 bridgehead atoms. The lowest BCUT2D eigenvalue weighted by molar-refractivity contribution is -0.697. The van der Waals surface area contributed by atoms with Crippen LogP contribution in [0.15, 0.2) is 36.0 Å². The van der Waals surface area contributed by atoms with Crippen molar-refractivity contribution in [2.75, 3.05) is 5.32 Å². The van der Waals surface area contributed by atoms with Crippen LogP contribution < -0.4 is 26.9 Å². The van der Waals surface area contributed by atoms with Crippen molar-refractivity contribution < 1.29 is 26.3 Å². The van der Waals surface area contributed by atoms with Gasteiger partial charge in [-0.2, -0.15) is 5.26 Å². The monoisotopic (exact) mass is 421 g/mol. The number of aryl methyl sites for hydroxylation is 1. The van der Waals surface area contributed by atoms with Gasteiger partial charge in [-0.1, -0.05) is 26.8 Å². The Hall–Kier alpha value is -1.71. The highest BCUT2D eigenvalue weighted by atomic mass is 79.9. The lowest BCUT2D eigenvalue weighted by Crippen LogP contribution is -3.00. The Kier molecular flexibility index (Phi) is 8.27. The number of carbonyl (C=O) groups excluding carboxylic acids is 1. The summed E-state index contributed by atoms with van der Waals surface area (Å²) in [5, 5.41) is 15.0. The Bertz CT molecular complexity index is 729. The molecule has 4 nitrogen and oxygen atoms in total. The van der Waals surface area contributed by atoms with Gasteiger partial charge in [-0.15, -0.1) is 11.3 Å². The molecular weight excluding hydrogens is 398 g/mol. The Morgan fingerprint density at radius 2 is 1.92 bits per heavy atom. The smallest absolute Gasteiger partial charge is 0.225 e. The van der Waals surface area contributed by atoms with Crippen LogP contribution in [0.2, 0.25) is 0 Å². The summed E-state index contributed by atoms with van der Waals surface area (Å²) in [6.45, 7) is 7.12. The Morgan fingerprint density at radius 3 is 2.52 bits per heavy atom. The zero-order valence-electron chi connectivity index (χ0n) is 14.9. The largest absolute Gasteiger partial charge is 1.00 e. The molecule has 2 heterocycles. The second kappa shape index (κ2) is 9.69. The second-order valence-electron chi connectivity index (χ2n) is 6.83. The van der Waals surface area contributed by atoms with Crippen LogP contribution in [0.25, 0.3) is 0 Å². The molecule has 2 aromatic rings. The lowest BCUT2D eigenvalue weighted by atomic mass is 9.86. The molecule has 134 valence electrons. The highest BCUT2D eigenvalue weighted by molar-refractivity contribution is 7.14. The van der Waals surface area contributed by atoms with Gasteiger partial charge in [-0.05, 0) is 22.8 Å². The van der Waals surface area contributed by atoms with Gasteiger partial charge in [-0.25, -0.2) is 4.57 Å². The molecule has 0 fully saturated rings. The van der Waals surface area contributed by atoms with Crippen LogP contribution in [0.5, 0.6) is 0 Å². The molecule has 25 heavy (non-hydrogen) atoms. The summed E-state index contributed by atoms with van der Waals surface area (Å²) in [5.74, 6) is -0.0214. The maximum absolute atomic E-state index is 12.1. The fraction of sp³-hybridized carbons (Fsp3) is 0.421. The van der Waals surface area contributed by atoms with Crippen LogP contribution in [-0.4, -0.2) is 5.91 Å². The van der Waals surface area contributed by atoms with Gasteiger partial charge >= 0.3 is 0 Å². The van der Waals surface area contributed by atoms with Gasteiger partial charge in [-0.3, -0.25) is 4.79 Å². The number of anilines is 1. The lowest BCUT2D eigenvalue weighted by Gasteiger charge is -2.17. The average molecular weight is 422 g/mol. The number of aromatic nitrogens is 1. The molecule has 0 unspecified atom stereocenters. The molecule has 6 heteroatoms. The van der Waals surface area contributed by atoms with E-state index in [0.29, 0.717) is 17.0 Å². The van der Waals surface area contributed by atoms with E-state index in [4.69, 9.17) is 0 Å².